The van der Waals surface area contributed by atoms with Crippen molar-refractivity contribution in [2.45, 2.75) is 40.2 Å². The molecule has 1 unspecified atom stereocenters. The average Bonchev–Trinajstić information content (AvgIpc) is 2.62. The zero-order valence-corrected chi connectivity index (χ0v) is 12.1. The Morgan fingerprint density at radius 3 is 2.28 bits per heavy atom. The van der Waals surface area contributed by atoms with E-state index in [-0.39, 0.29) is 22.6 Å². The molecular weight excluding hydrogens is 251 g/mol. The highest BCUT2D eigenvalue weighted by molar-refractivity contribution is 6.31. The second kappa shape index (κ2) is 4.21. The summed E-state index contributed by atoms with van der Waals surface area (Å²) in [5.41, 5.74) is 1.08. The predicted octanol–water partition coefficient (Wildman–Crippen LogP) is 4.06. The first-order chi connectivity index (χ1) is 8.18. The fourth-order valence-electron chi connectivity index (χ4n) is 3.24. The largest absolute Gasteiger partial charge is 0.392 e. The number of benzene rings is 1. The van der Waals surface area contributed by atoms with Crippen molar-refractivity contribution in [3.8, 4) is 0 Å². The van der Waals surface area contributed by atoms with Gasteiger partial charge in [-0.1, -0.05) is 45.4 Å². The van der Waals surface area contributed by atoms with E-state index in [4.69, 9.17) is 11.6 Å². The van der Waals surface area contributed by atoms with E-state index >= 15 is 0 Å². The first-order valence-electron chi connectivity index (χ1n) is 6.30. The third-order valence-electron chi connectivity index (χ3n) is 4.96. The lowest BCUT2D eigenvalue weighted by Gasteiger charge is -2.14. The Bertz CT molecular complexity index is 454. The molecule has 1 nitrogen and oxygen atoms in total. The highest BCUT2D eigenvalue weighted by Crippen LogP contribution is 2.69. The summed E-state index contributed by atoms with van der Waals surface area (Å²) in [6, 6.07) is 4.34. The van der Waals surface area contributed by atoms with Crippen LogP contribution in [0.15, 0.2) is 18.2 Å². The van der Waals surface area contributed by atoms with Crippen molar-refractivity contribution < 1.29 is 9.50 Å². The van der Waals surface area contributed by atoms with Gasteiger partial charge in [0.05, 0.1) is 6.10 Å². The SMILES string of the molecule is CC1(C)C(C(O)Cc2ccc(F)cc2Cl)C1(C)C. The van der Waals surface area contributed by atoms with Gasteiger partial charge in [0.15, 0.2) is 0 Å². The van der Waals surface area contributed by atoms with Crippen molar-refractivity contribution in [2.75, 3.05) is 0 Å². The van der Waals surface area contributed by atoms with E-state index < -0.39 is 6.10 Å². The lowest BCUT2D eigenvalue weighted by atomic mass is 9.99. The molecule has 0 amide bonds. The topological polar surface area (TPSA) is 20.2 Å². The molecule has 0 saturated heterocycles. The molecular formula is C15H20ClFO. The van der Waals surface area contributed by atoms with Crippen LogP contribution in [0.5, 0.6) is 0 Å². The van der Waals surface area contributed by atoms with E-state index in [0.717, 1.165) is 5.56 Å². The van der Waals surface area contributed by atoms with Gasteiger partial charge in [0.1, 0.15) is 5.82 Å². The molecule has 1 saturated carbocycles. The number of aliphatic hydroxyl groups is 1. The summed E-state index contributed by atoms with van der Waals surface area (Å²) in [6.45, 7) is 8.70. The maximum absolute atomic E-state index is 13.0. The molecule has 1 N–H and O–H groups in total. The fourth-order valence-corrected chi connectivity index (χ4v) is 3.48. The third-order valence-corrected chi connectivity index (χ3v) is 5.31. The Kier molecular flexibility index (Phi) is 3.23. The van der Waals surface area contributed by atoms with Gasteiger partial charge in [-0.05, 0) is 34.4 Å². The zero-order chi connectivity index (χ0) is 13.7. The first kappa shape index (κ1) is 13.8. The molecule has 0 aliphatic heterocycles. The average molecular weight is 271 g/mol. The van der Waals surface area contributed by atoms with E-state index in [2.05, 4.69) is 27.7 Å². The minimum atomic E-state index is -0.432. The van der Waals surface area contributed by atoms with Gasteiger partial charge in [0.25, 0.3) is 0 Å². The number of hydrogen-bond donors (Lipinski definition) is 1. The normalized spacial score (nSPS) is 22.8. The number of aliphatic hydroxyl groups excluding tert-OH is 1. The summed E-state index contributed by atoms with van der Waals surface area (Å²) in [5, 5.41) is 10.7. The highest BCUT2D eigenvalue weighted by Gasteiger charge is 2.66. The third kappa shape index (κ3) is 2.06. The second-order valence-electron chi connectivity index (χ2n) is 6.43. The van der Waals surface area contributed by atoms with Crippen LogP contribution in [0.3, 0.4) is 0 Å². The number of halogens is 2. The molecule has 1 fully saturated rings. The molecule has 100 valence electrons. The Morgan fingerprint density at radius 1 is 1.28 bits per heavy atom. The predicted molar refractivity (Wildman–Crippen MR) is 72.2 cm³/mol. The molecule has 1 atom stereocenters. The van der Waals surface area contributed by atoms with Gasteiger partial charge in [-0.3, -0.25) is 0 Å². The lowest BCUT2D eigenvalue weighted by molar-refractivity contribution is 0.129. The van der Waals surface area contributed by atoms with Crippen LogP contribution in [0.25, 0.3) is 0 Å². The molecule has 0 aromatic heterocycles. The van der Waals surface area contributed by atoms with Crippen molar-refractivity contribution in [3.63, 3.8) is 0 Å². The molecule has 3 heteroatoms. The van der Waals surface area contributed by atoms with Gasteiger partial charge in [0, 0.05) is 11.4 Å². The maximum Gasteiger partial charge on any atom is 0.124 e. The van der Waals surface area contributed by atoms with Gasteiger partial charge < -0.3 is 5.11 Å². The van der Waals surface area contributed by atoms with Gasteiger partial charge in [-0.2, -0.15) is 0 Å². The van der Waals surface area contributed by atoms with E-state index in [1.54, 1.807) is 6.07 Å². The fraction of sp³-hybridized carbons (Fsp3) is 0.600. The van der Waals surface area contributed by atoms with Crippen molar-refractivity contribution in [2.24, 2.45) is 16.7 Å². The van der Waals surface area contributed by atoms with Crippen LogP contribution in [0, 0.1) is 22.6 Å². The molecule has 1 aromatic carbocycles. The van der Waals surface area contributed by atoms with Gasteiger partial charge >= 0.3 is 0 Å². The monoisotopic (exact) mass is 270 g/mol. The van der Waals surface area contributed by atoms with Gasteiger partial charge in [0.2, 0.25) is 0 Å². The molecule has 0 radical (unpaired) electrons. The van der Waals surface area contributed by atoms with Gasteiger partial charge in [-0.15, -0.1) is 0 Å². The Balaban J connectivity index is 2.12. The Morgan fingerprint density at radius 2 is 1.83 bits per heavy atom. The number of hydrogen-bond acceptors (Lipinski definition) is 1. The zero-order valence-electron chi connectivity index (χ0n) is 11.3. The summed E-state index contributed by atoms with van der Waals surface area (Å²) in [6.07, 6.45) is 0.0503. The standard InChI is InChI=1S/C15H20ClFO/c1-14(2)13(15(14,3)4)12(18)7-9-5-6-10(17)8-11(9)16/h5-6,8,12-13,18H,7H2,1-4H3. The van der Waals surface area contributed by atoms with E-state index in [0.29, 0.717) is 11.4 Å². The Hall–Kier alpha value is -0.600. The van der Waals surface area contributed by atoms with Crippen molar-refractivity contribution >= 4 is 11.6 Å². The van der Waals surface area contributed by atoms with Crippen LogP contribution in [-0.2, 0) is 6.42 Å². The summed E-state index contributed by atoms with van der Waals surface area (Å²) < 4.78 is 13.0. The Labute approximate surface area is 113 Å². The number of rotatable bonds is 3. The first-order valence-corrected chi connectivity index (χ1v) is 6.67. The molecule has 1 aromatic rings. The molecule has 0 bridgehead atoms. The summed E-state index contributed by atoms with van der Waals surface area (Å²) in [4.78, 5) is 0. The van der Waals surface area contributed by atoms with Crippen molar-refractivity contribution in [1.82, 2.24) is 0 Å². The highest BCUT2D eigenvalue weighted by atomic mass is 35.5. The summed E-state index contributed by atoms with van der Waals surface area (Å²) in [7, 11) is 0. The minimum absolute atomic E-state index is 0.138. The molecule has 2 rings (SSSR count). The maximum atomic E-state index is 13.0. The van der Waals surface area contributed by atoms with Crippen LogP contribution in [0.2, 0.25) is 5.02 Å². The minimum Gasteiger partial charge on any atom is -0.392 e. The molecule has 18 heavy (non-hydrogen) atoms. The van der Waals surface area contributed by atoms with Crippen LogP contribution in [0.4, 0.5) is 4.39 Å². The van der Waals surface area contributed by atoms with Crippen LogP contribution < -0.4 is 0 Å². The summed E-state index contributed by atoms with van der Waals surface area (Å²) in [5.74, 6) is -0.0866. The van der Waals surface area contributed by atoms with Crippen molar-refractivity contribution in [1.29, 1.82) is 0 Å². The van der Waals surface area contributed by atoms with Crippen LogP contribution in [-0.4, -0.2) is 11.2 Å². The smallest absolute Gasteiger partial charge is 0.124 e. The van der Waals surface area contributed by atoms with Crippen LogP contribution in [0.1, 0.15) is 33.3 Å². The van der Waals surface area contributed by atoms with E-state index in [1.807, 2.05) is 0 Å². The lowest BCUT2D eigenvalue weighted by Crippen LogP contribution is -2.17. The molecule has 1 aliphatic carbocycles. The summed E-state index contributed by atoms with van der Waals surface area (Å²) >= 11 is 5.99. The molecule has 0 spiro atoms. The molecule has 1 aliphatic rings. The molecule has 0 heterocycles. The van der Waals surface area contributed by atoms with E-state index in [1.165, 1.54) is 12.1 Å². The second-order valence-corrected chi connectivity index (χ2v) is 6.84. The van der Waals surface area contributed by atoms with Gasteiger partial charge in [-0.25, -0.2) is 4.39 Å². The quantitative estimate of drug-likeness (QED) is 0.878. The van der Waals surface area contributed by atoms with Crippen LogP contribution >= 0.6 is 11.6 Å². The van der Waals surface area contributed by atoms with E-state index in [9.17, 15) is 9.50 Å². The van der Waals surface area contributed by atoms with Crippen molar-refractivity contribution in [3.05, 3.63) is 34.6 Å².